The first-order valence-corrected chi connectivity index (χ1v) is 4.00. The molecule has 0 aliphatic rings. The second-order valence-corrected chi connectivity index (χ2v) is 2.61. The van der Waals surface area contributed by atoms with E-state index >= 15 is 0 Å². The quantitative estimate of drug-likeness (QED) is 0.686. The van der Waals surface area contributed by atoms with Gasteiger partial charge in [-0.1, -0.05) is 0 Å². The Bertz CT molecular complexity index is 272. The van der Waals surface area contributed by atoms with Gasteiger partial charge < -0.3 is 0 Å². The number of hydrogen-bond acceptors (Lipinski definition) is 3. The van der Waals surface area contributed by atoms with E-state index in [1.54, 1.807) is 6.92 Å². The van der Waals surface area contributed by atoms with Crippen molar-refractivity contribution >= 4 is 23.5 Å². The van der Waals surface area contributed by atoms with Crippen LogP contribution in [0, 0.1) is 6.92 Å². The van der Waals surface area contributed by atoms with Gasteiger partial charge in [-0.2, -0.15) is 4.98 Å². The van der Waals surface area contributed by atoms with Crippen molar-refractivity contribution in [3.63, 3.8) is 0 Å². The van der Waals surface area contributed by atoms with Crippen molar-refractivity contribution in [2.24, 2.45) is 0 Å². The number of anilines is 1. The maximum absolute atomic E-state index is 10.9. The molecule has 0 unspecified atom stereocenters. The number of carbonyl (C=O) groups is 1. The Morgan fingerprint density at radius 2 is 2.50 bits per heavy atom. The predicted molar refractivity (Wildman–Crippen MR) is 45.1 cm³/mol. The highest BCUT2D eigenvalue weighted by molar-refractivity contribution is 6.19. The molecule has 0 radical (unpaired) electrons. The van der Waals surface area contributed by atoms with Gasteiger partial charge in [-0.05, 0) is 6.92 Å². The number of nitrogens with zero attached hydrogens (tertiary/aromatic N) is 2. The van der Waals surface area contributed by atoms with E-state index < -0.39 is 0 Å². The lowest BCUT2D eigenvalue weighted by Crippen LogP contribution is -2.12. The highest BCUT2D eigenvalue weighted by atomic mass is 35.5. The van der Waals surface area contributed by atoms with Crippen molar-refractivity contribution in [2.75, 3.05) is 11.2 Å². The van der Waals surface area contributed by atoms with Gasteiger partial charge in [0.05, 0.1) is 0 Å². The molecule has 0 aliphatic carbocycles. The fourth-order valence-electron chi connectivity index (χ4n) is 0.672. The number of amides is 1. The summed E-state index contributed by atoms with van der Waals surface area (Å²) in [5.74, 6) is 1.08. The Kier molecular flexibility index (Phi) is 3.04. The molecule has 0 saturated carbocycles. The SMILES string of the molecule is Cc1nc(NC(=O)CCCl)n[nH]1. The van der Waals surface area contributed by atoms with Crippen LogP contribution in [-0.4, -0.2) is 27.0 Å². The van der Waals surface area contributed by atoms with Crippen molar-refractivity contribution in [1.29, 1.82) is 0 Å². The van der Waals surface area contributed by atoms with Crippen molar-refractivity contribution in [1.82, 2.24) is 15.2 Å². The zero-order chi connectivity index (χ0) is 8.97. The van der Waals surface area contributed by atoms with E-state index in [1.807, 2.05) is 0 Å². The first kappa shape index (κ1) is 8.99. The van der Waals surface area contributed by atoms with Crippen LogP contribution in [0.15, 0.2) is 0 Å². The zero-order valence-corrected chi connectivity index (χ0v) is 7.35. The summed E-state index contributed by atoms with van der Waals surface area (Å²) >= 11 is 5.36. The van der Waals surface area contributed by atoms with E-state index in [0.717, 1.165) is 0 Å². The van der Waals surface area contributed by atoms with Crippen LogP contribution in [0.5, 0.6) is 0 Å². The standard InChI is InChI=1S/C6H9ClN4O/c1-4-8-6(11-10-4)9-5(12)2-3-7/h2-3H2,1H3,(H2,8,9,10,11,12). The second kappa shape index (κ2) is 4.06. The number of aromatic nitrogens is 3. The molecule has 0 aliphatic heterocycles. The lowest BCUT2D eigenvalue weighted by Gasteiger charge is -1.95. The highest BCUT2D eigenvalue weighted by Gasteiger charge is 2.03. The number of halogens is 1. The first-order valence-electron chi connectivity index (χ1n) is 3.47. The number of H-pyrrole nitrogens is 1. The largest absolute Gasteiger partial charge is 0.293 e. The number of carbonyl (C=O) groups excluding carboxylic acids is 1. The molecule has 5 nitrogen and oxygen atoms in total. The van der Waals surface area contributed by atoms with E-state index in [0.29, 0.717) is 17.7 Å². The lowest BCUT2D eigenvalue weighted by atomic mass is 10.4. The summed E-state index contributed by atoms with van der Waals surface area (Å²) in [5.41, 5.74) is 0. The number of rotatable bonds is 3. The molecular formula is C6H9ClN4O. The Hall–Kier alpha value is -1.10. The van der Waals surface area contributed by atoms with Gasteiger partial charge in [-0.25, -0.2) is 0 Å². The molecule has 1 heterocycles. The minimum atomic E-state index is -0.177. The van der Waals surface area contributed by atoms with Crippen molar-refractivity contribution < 1.29 is 4.79 Å². The molecule has 1 aromatic rings. The summed E-state index contributed by atoms with van der Waals surface area (Å²) in [5, 5.41) is 8.82. The van der Waals surface area contributed by atoms with Gasteiger partial charge in [0.2, 0.25) is 11.9 Å². The van der Waals surface area contributed by atoms with Crippen LogP contribution in [0.1, 0.15) is 12.2 Å². The van der Waals surface area contributed by atoms with Gasteiger partial charge in [0.25, 0.3) is 0 Å². The van der Waals surface area contributed by atoms with Crippen molar-refractivity contribution in [2.45, 2.75) is 13.3 Å². The highest BCUT2D eigenvalue weighted by Crippen LogP contribution is 1.97. The topological polar surface area (TPSA) is 70.7 Å². The Labute approximate surface area is 74.5 Å². The second-order valence-electron chi connectivity index (χ2n) is 2.23. The Balaban J connectivity index is 2.46. The molecule has 12 heavy (non-hydrogen) atoms. The summed E-state index contributed by atoms with van der Waals surface area (Å²) in [6, 6.07) is 0. The van der Waals surface area contributed by atoms with Crippen LogP contribution in [0.25, 0.3) is 0 Å². The summed E-state index contributed by atoms with van der Waals surface area (Å²) < 4.78 is 0. The van der Waals surface area contributed by atoms with Crippen LogP contribution >= 0.6 is 11.6 Å². The van der Waals surface area contributed by atoms with Crippen molar-refractivity contribution in [3.8, 4) is 0 Å². The lowest BCUT2D eigenvalue weighted by molar-refractivity contribution is -0.115. The molecule has 0 saturated heterocycles. The molecular weight excluding hydrogens is 180 g/mol. The van der Waals surface area contributed by atoms with E-state index in [-0.39, 0.29) is 12.3 Å². The van der Waals surface area contributed by atoms with Crippen LogP contribution in [0.3, 0.4) is 0 Å². The molecule has 1 rings (SSSR count). The maximum Gasteiger partial charge on any atom is 0.248 e. The minimum absolute atomic E-state index is 0.177. The Morgan fingerprint density at radius 1 is 1.75 bits per heavy atom. The molecule has 1 aromatic heterocycles. The van der Waals surface area contributed by atoms with Crippen LogP contribution < -0.4 is 5.32 Å². The van der Waals surface area contributed by atoms with E-state index in [1.165, 1.54) is 0 Å². The summed E-state index contributed by atoms with van der Waals surface area (Å²) in [6.07, 6.45) is 0.273. The maximum atomic E-state index is 10.9. The molecule has 6 heteroatoms. The minimum Gasteiger partial charge on any atom is -0.293 e. The van der Waals surface area contributed by atoms with Gasteiger partial charge in [0, 0.05) is 12.3 Å². The number of alkyl halides is 1. The average molecular weight is 189 g/mol. The average Bonchev–Trinajstić information content (AvgIpc) is 2.36. The molecule has 0 aromatic carbocycles. The van der Waals surface area contributed by atoms with Crippen LogP contribution in [0.4, 0.5) is 5.95 Å². The van der Waals surface area contributed by atoms with Gasteiger partial charge >= 0.3 is 0 Å². The number of aryl methyl sites for hydroxylation is 1. The molecule has 1 amide bonds. The first-order chi connectivity index (χ1) is 5.72. The fraction of sp³-hybridized carbons (Fsp3) is 0.500. The predicted octanol–water partition coefficient (Wildman–Crippen LogP) is 0.681. The van der Waals surface area contributed by atoms with Crippen molar-refractivity contribution in [3.05, 3.63) is 5.82 Å². The normalized spacial score (nSPS) is 9.83. The summed E-state index contributed by atoms with van der Waals surface area (Å²) in [7, 11) is 0. The number of aromatic amines is 1. The molecule has 0 spiro atoms. The van der Waals surface area contributed by atoms with E-state index in [2.05, 4.69) is 20.5 Å². The zero-order valence-electron chi connectivity index (χ0n) is 6.59. The van der Waals surface area contributed by atoms with E-state index in [9.17, 15) is 4.79 Å². The van der Waals surface area contributed by atoms with Gasteiger partial charge in [0.1, 0.15) is 5.82 Å². The molecule has 66 valence electrons. The molecule has 0 fully saturated rings. The summed E-state index contributed by atoms with van der Waals surface area (Å²) in [4.78, 5) is 14.8. The number of nitrogens with one attached hydrogen (secondary N) is 2. The van der Waals surface area contributed by atoms with E-state index in [4.69, 9.17) is 11.6 Å². The third-order valence-electron chi connectivity index (χ3n) is 1.17. The molecule has 0 bridgehead atoms. The van der Waals surface area contributed by atoms with Gasteiger partial charge in [-0.3, -0.25) is 15.2 Å². The third-order valence-corrected chi connectivity index (χ3v) is 1.36. The fourth-order valence-corrected chi connectivity index (χ4v) is 0.843. The van der Waals surface area contributed by atoms with Crippen LogP contribution in [0.2, 0.25) is 0 Å². The van der Waals surface area contributed by atoms with Crippen LogP contribution in [-0.2, 0) is 4.79 Å². The van der Waals surface area contributed by atoms with Gasteiger partial charge in [0.15, 0.2) is 0 Å². The molecule has 2 N–H and O–H groups in total. The smallest absolute Gasteiger partial charge is 0.248 e. The number of hydrogen-bond donors (Lipinski definition) is 2. The summed E-state index contributed by atoms with van der Waals surface area (Å²) in [6.45, 7) is 1.75. The Morgan fingerprint density at radius 3 is 3.00 bits per heavy atom. The molecule has 0 atom stereocenters. The van der Waals surface area contributed by atoms with Gasteiger partial charge in [-0.15, -0.1) is 16.7 Å². The monoisotopic (exact) mass is 188 g/mol. The third kappa shape index (κ3) is 2.50.